The van der Waals surface area contributed by atoms with Crippen LogP contribution in [0.3, 0.4) is 0 Å². The number of aryl methyl sites for hydroxylation is 1. The second-order valence-corrected chi connectivity index (χ2v) is 5.67. The molecule has 23 heavy (non-hydrogen) atoms. The van der Waals surface area contributed by atoms with Gasteiger partial charge >= 0.3 is 0 Å². The predicted octanol–water partition coefficient (Wildman–Crippen LogP) is 4.47. The van der Waals surface area contributed by atoms with E-state index in [0.717, 1.165) is 16.6 Å². The van der Waals surface area contributed by atoms with Gasteiger partial charge in [0.25, 0.3) is 0 Å². The van der Waals surface area contributed by atoms with Crippen LogP contribution >= 0.6 is 12.2 Å². The Morgan fingerprint density at radius 3 is 2.52 bits per heavy atom. The fraction of sp³-hybridized carbons (Fsp3) is 0.0526. The molecule has 0 unspecified atom stereocenters. The molecule has 0 fully saturated rings. The molecule has 3 nitrogen and oxygen atoms in total. The third-order valence-corrected chi connectivity index (χ3v) is 3.70. The van der Waals surface area contributed by atoms with Crippen LogP contribution in [0, 0.1) is 6.92 Å². The number of hydrogen-bond acceptors (Lipinski definition) is 2. The molecule has 0 amide bonds. The maximum atomic E-state index is 5.24. The summed E-state index contributed by atoms with van der Waals surface area (Å²) >= 11 is 5.24. The third kappa shape index (κ3) is 3.93. The van der Waals surface area contributed by atoms with Gasteiger partial charge in [-0.2, -0.15) is 5.10 Å². The zero-order valence-electron chi connectivity index (χ0n) is 12.8. The van der Waals surface area contributed by atoms with Crippen LogP contribution in [0.1, 0.15) is 11.1 Å². The minimum Gasteiger partial charge on any atom is -0.331 e. The summed E-state index contributed by atoms with van der Waals surface area (Å²) in [6.07, 6.45) is 1.78. The molecule has 3 aromatic carbocycles. The molecule has 3 aromatic rings. The molecule has 0 aliphatic heterocycles. The van der Waals surface area contributed by atoms with Crippen LogP contribution in [0.25, 0.3) is 10.8 Å². The van der Waals surface area contributed by atoms with E-state index in [2.05, 4.69) is 41.0 Å². The van der Waals surface area contributed by atoms with E-state index in [1.54, 1.807) is 6.21 Å². The molecular weight excluding hydrogens is 302 g/mol. The summed E-state index contributed by atoms with van der Waals surface area (Å²) in [4.78, 5) is 0. The van der Waals surface area contributed by atoms with Crippen LogP contribution in [0.4, 0.5) is 5.69 Å². The zero-order valence-corrected chi connectivity index (χ0v) is 13.6. The first kappa shape index (κ1) is 15.2. The van der Waals surface area contributed by atoms with Crippen molar-refractivity contribution < 1.29 is 0 Å². The molecule has 2 N–H and O–H groups in total. The molecule has 0 aliphatic carbocycles. The van der Waals surface area contributed by atoms with Gasteiger partial charge in [-0.25, -0.2) is 0 Å². The van der Waals surface area contributed by atoms with Crippen molar-refractivity contribution in [1.82, 2.24) is 5.43 Å². The third-order valence-electron chi connectivity index (χ3n) is 3.50. The standard InChI is InChI=1S/C19H17N3S/c1-14-9-11-17(12-10-14)21-19(23)22-20-13-16-7-4-6-15-5-2-3-8-18(15)16/h2-13H,1H3,(H2,21,22,23)/b20-13+. The molecule has 4 heteroatoms. The first-order valence-electron chi connectivity index (χ1n) is 7.37. The Morgan fingerprint density at radius 2 is 1.70 bits per heavy atom. The van der Waals surface area contributed by atoms with E-state index in [1.165, 1.54) is 10.9 Å². The molecule has 0 atom stereocenters. The van der Waals surface area contributed by atoms with Gasteiger partial charge in [-0.3, -0.25) is 5.43 Å². The lowest BCUT2D eigenvalue weighted by atomic mass is 10.1. The second kappa shape index (κ2) is 7.03. The molecular formula is C19H17N3S. The summed E-state index contributed by atoms with van der Waals surface area (Å²) in [5.74, 6) is 0. The van der Waals surface area contributed by atoms with Gasteiger partial charge in [0.15, 0.2) is 5.11 Å². The Labute approximate surface area is 141 Å². The number of hydrogen-bond donors (Lipinski definition) is 2. The van der Waals surface area contributed by atoms with E-state index in [4.69, 9.17) is 12.2 Å². The summed E-state index contributed by atoms with van der Waals surface area (Å²) in [7, 11) is 0. The topological polar surface area (TPSA) is 36.4 Å². The second-order valence-electron chi connectivity index (χ2n) is 5.26. The van der Waals surface area contributed by atoms with Crippen LogP contribution in [-0.4, -0.2) is 11.3 Å². The van der Waals surface area contributed by atoms with Gasteiger partial charge in [0.05, 0.1) is 6.21 Å². The van der Waals surface area contributed by atoms with Crippen LogP contribution in [0.2, 0.25) is 0 Å². The van der Waals surface area contributed by atoms with Crippen molar-refractivity contribution in [3.8, 4) is 0 Å². The monoisotopic (exact) mass is 319 g/mol. The SMILES string of the molecule is Cc1ccc(NC(=S)N/N=C/c2cccc3ccccc23)cc1. The van der Waals surface area contributed by atoms with Crippen molar-refractivity contribution in [3.63, 3.8) is 0 Å². The molecule has 0 heterocycles. The summed E-state index contributed by atoms with van der Waals surface area (Å²) < 4.78 is 0. The quantitative estimate of drug-likeness (QED) is 0.425. The molecule has 0 saturated heterocycles. The van der Waals surface area contributed by atoms with Gasteiger partial charge in [0.1, 0.15) is 0 Å². The highest BCUT2D eigenvalue weighted by Gasteiger charge is 1.98. The van der Waals surface area contributed by atoms with E-state index in [-0.39, 0.29) is 0 Å². The zero-order chi connectivity index (χ0) is 16.1. The van der Waals surface area contributed by atoms with Crippen LogP contribution < -0.4 is 10.7 Å². The molecule has 0 spiro atoms. The van der Waals surface area contributed by atoms with Gasteiger partial charge in [-0.1, -0.05) is 60.2 Å². The van der Waals surface area contributed by atoms with Gasteiger partial charge < -0.3 is 5.32 Å². The van der Waals surface area contributed by atoms with Gasteiger partial charge in [0.2, 0.25) is 0 Å². The highest BCUT2D eigenvalue weighted by Crippen LogP contribution is 2.16. The highest BCUT2D eigenvalue weighted by atomic mass is 32.1. The van der Waals surface area contributed by atoms with E-state index in [0.29, 0.717) is 5.11 Å². The molecule has 0 aromatic heterocycles. The minimum atomic E-state index is 0.463. The number of thiocarbonyl (C=S) groups is 1. The van der Waals surface area contributed by atoms with Crippen molar-refractivity contribution in [1.29, 1.82) is 0 Å². The van der Waals surface area contributed by atoms with Crippen LogP contribution in [0.5, 0.6) is 0 Å². The fourth-order valence-electron chi connectivity index (χ4n) is 2.32. The summed E-state index contributed by atoms with van der Waals surface area (Å²) in [6.45, 7) is 2.05. The Morgan fingerprint density at radius 1 is 0.957 bits per heavy atom. The van der Waals surface area contributed by atoms with Crippen LogP contribution in [0.15, 0.2) is 71.8 Å². The average Bonchev–Trinajstić information content (AvgIpc) is 2.57. The van der Waals surface area contributed by atoms with Crippen molar-refractivity contribution in [2.75, 3.05) is 5.32 Å². The number of fused-ring (bicyclic) bond motifs is 1. The molecule has 0 bridgehead atoms. The predicted molar refractivity (Wildman–Crippen MR) is 102 cm³/mol. The Kier molecular flexibility index (Phi) is 4.64. The van der Waals surface area contributed by atoms with Gasteiger partial charge in [-0.15, -0.1) is 0 Å². The molecule has 0 aliphatic rings. The van der Waals surface area contributed by atoms with E-state index < -0.39 is 0 Å². The number of rotatable bonds is 3. The lowest BCUT2D eigenvalue weighted by Gasteiger charge is -2.07. The van der Waals surface area contributed by atoms with Crippen LogP contribution in [-0.2, 0) is 0 Å². The fourth-order valence-corrected chi connectivity index (χ4v) is 2.49. The lowest BCUT2D eigenvalue weighted by molar-refractivity contribution is 1.05. The maximum Gasteiger partial charge on any atom is 0.191 e. The number of anilines is 1. The number of nitrogens with zero attached hydrogens (tertiary/aromatic N) is 1. The smallest absolute Gasteiger partial charge is 0.191 e. The molecule has 3 rings (SSSR count). The van der Waals surface area contributed by atoms with Gasteiger partial charge in [0, 0.05) is 11.3 Å². The first-order chi connectivity index (χ1) is 11.2. The lowest BCUT2D eigenvalue weighted by Crippen LogP contribution is -2.23. The first-order valence-corrected chi connectivity index (χ1v) is 7.78. The minimum absolute atomic E-state index is 0.463. The molecule has 0 saturated carbocycles. The summed E-state index contributed by atoms with van der Waals surface area (Å²) in [6, 6.07) is 22.4. The van der Waals surface area contributed by atoms with Crippen molar-refractivity contribution >= 4 is 40.0 Å². The van der Waals surface area contributed by atoms with Crippen molar-refractivity contribution in [3.05, 3.63) is 77.9 Å². The normalized spacial score (nSPS) is 10.8. The summed E-state index contributed by atoms with van der Waals surface area (Å²) in [5.41, 5.74) is 6.05. The Hall–Kier alpha value is -2.72. The number of hydrazone groups is 1. The molecule has 114 valence electrons. The largest absolute Gasteiger partial charge is 0.331 e. The van der Waals surface area contributed by atoms with Gasteiger partial charge in [-0.05, 0) is 42.0 Å². The maximum absolute atomic E-state index is 5.24. The highest BCUT2D eigenvalue weighted by molar-refractivity contribution is 7.80. The average molecular weight is 319 g/mol. The van der Waals surface area contributed by atoms with E-state index in [9.17, 15) is 0 Å². The van der Waals surface area contributed by atoms with E-state index in [1.807, 2.05) is 48.5 Å². The van der Waals surface area contributed by atoms with E-state index >= 15 is 0 Å². The number of nitrogens with one attached hydrogen (secondary N) is 2. The Balaban J connectivity index is 1.66. The van der Waals surface area contributed by atoms with Crippen molar-refractivity contribution in [2.45, 2.75) is 6.92 Å². The summed E-state index contributed by atoms with van der Waals surface area (Å²) in [5, 5.41) is 10.1. The molecule has 0 radical (unpaired) electrons. The number of benzene rings is 3. The Bertz CT molecular complexity index is 849. The van der Waals surface area contributed by atoms with Crippen molar-refractivity contribution in [2.24, 2.45) is 5.10 Å².